The number of aliphatic carboxylic acids is 1. The molecule has 4 rings (SSSR count). The molecule has 2 aromatic rings. The van der Waals surface area contributed by atoms with Crippen LogP contribution in [0.2, 0.25) is 0 Å². The maximum absolute atomic E-state index is 15.4. The third-order valence-electron chi connectivity index (χ3n) is 8.59. The maximum atomic E-state index is 15.4. The van der Waals surface area contributed by atoms with Crippen molar-refractivity contribution in [1.29, 1.82) is 0 Å². The summed E-state index contributed by atoms with van der Waals surface area (Å²) in [6, 6.07) is 9.70. The Labute approximate surface area is 248 Å². The third kappa shape index (κ3) is 8.15. The van der Waals surface area contributed by atoms with E-state index in [4.69, 9.17) is 25.6 Å². The number of carboxylic acids is 1. The van der Waals surface area contributed by atoms with Crippen molar-refractivity contribution >= 4 is 24.1 Å². The molecule has 1 aliphatic carbocycles. The van der Waals surface area contributed by atoms with Gasteiger partial charge in [-0.3, -0.25) is 14.8 Å². The predicted octanol–water partition coefficient (Wildman–Crippen LogP) is 7.44. The van der Waals surface area contributed by atoms with E-state index in [1.807, 2.05) is 32.0 Å². The number of rotatable bonds is 10. The molecule has 1 aliphatic heterocycles. The topological polar surface area (TPSA) is 97.3 Å². The van der Waals surface area contributed by atoms with Crippen LogP contribution in [0.3, 0.4) is 0 Å². The lowest BCUT2D eigenvalue weighted by atomic mass is 9.84. The van der Waals surface area contributed by atoms with Crippen LogP contribution in [0.15, 0.2) is 70.0 Å². The Kier molecular flexibility index (Phi) is 11.0. The summed E-state index contributed by atoms with van der Waals surface area (Å²) in [5, 5.41) is 9.04. The van der Waals surface area contributed by atoms with Crippen molar-refractivity contribution in [2.45, 2.75) is 71.3 Å². The van der Waals surface area contributed by atoms with Gasteiger partial charge in [0.05, 0.1) is 5.69 Å². The predicted molar refractivity (Wildman–Crippen MR) is 168 cm³/mol. The van der Waals surface area contributed by atoms with E-state index < -0.39 is 5.97 Å². The molecule has 42 heavy (non-hydrogen) atoms. The van der Waals surface area contributed by atoms with Gasteiger partial charge in [-0.05, 0) is 111 Å². The van der Waals surface area contributed by atoms with Crippen LogP contribution >= 0.6 is 0 Å². The molecule has 2 aliphatic rings. The average molecular weight is 572 g/mol. The highest BCUT2D eigenvalue weighted by molar-refractivity contribution is 5.99. The molecule has 2 aromatic carbocycles. The lowest BCUT2D eigenvalue weighted by Gasteiger charge is -2.25. The number of aryl methyl sites for hydroxylation is 1. The summed E-state index contributed by atoms with van der Waals surface area (Å²) in [4.78, 5) is 20.4. The SMILES string of the molecule is C=C=C(C=Nc1cccc(-c2cc(C)c(CC3CCOCC3)c(F)c2)c1C)C(C=NC1CCC(CC(=O)O)CC1)=CN. The molecule has 2 fully saturated rings. The van der Waals surface area contributed by atoms with E-state index in [0.717, 1.165) is 91.7 Å². The van der Waals surface area contributed by atoms with E-state index >= 15 is 4.39 Å². The Morgan fingerprint density at radius 1 is 1.12 bits per heavy atom. The summed E-state index contributed by atoms with van der Waals surface area (Å²) in [7, 11) is 0. The number of nitrogens with two attached hydrogens (primary N) is 1. The fraction of sp³-hybridized carbons (Fsp3) is 0.429. The fourth-order valence-corrected chi connectivity index (χ4v) is 5.99. The second-order valence-corrected chi connectivity index (χ2v) is 11.5. The van der Waals surface area contributed by atoms with E-state index in [9.17, 15) is 4.79 Å². The first-order valence-corrected chi connectivity index (χ1v) is 14.9. The minimum absolute atomic E-state index is 0.138. The van der Waals surface area contributed by atoms with Gasteiger partial charge in [0.25, 0.3) is 0 Å². The first-order chi connectivity index (χ1) is 20.3. The molecular weight excluding hydrogens is 529 g/mol. The summed E-state index contributed by atoms with van der Waals surface area (Å²) in [5.74, 6) is -0.212. The van der Waals surface area contributed by atoms with E-state index in [-0.39, 0.29) is 24.2 Å². The smallest absolute Gasteiger partial charge is 0.303 e. The molecule has 0 bridgehead atoms. The molecule has 1 saturated carbocycles. The molecule has 222 valence electrons. The van der Waals surface area contributed by atoms with E-state index in [1.54, 1.807) is 18.5 Å². The molecule has 3 N–H and O–H groups in total. The van der Waals surface area contributed by atoms with Crippen LogP contribution in [0.4, 0.5) is 10.1 Å². The second-order valence-electron chi connectivity index (χ2n) is 11.5. The number of nitrogens with zero attached hydrogens (tertiary/aromatic N) is 2. The Balaban J connectivity index is 1.47. The number of benzene rings is 2. The van der Waals surface area contributed by atoms with Crippen LogP contribution in [0.5, 0.6) is 0 Å². The zero-order valence-electron chi connectivity index (χ0n) is 24.7. The van der Waals surface area contributed by atoms with Gasteiger partial charge in [-0.2, -0.15) is 0 Å². The molecule has 0 radical (unpaired) electrons. The number of carboxylic acid groups (broad SMARTS) is 1. The van der Waals surface area contributed by atoms with Crippen molar-refractivity contribution in [3.05, 3.63) is 82.5 Å². The van der Waals surface area contributed by atoms with Crippen molar-refractivity contribution < 1.29 is 19.0 Å². The van der Waals surface area contributed by atoms with Gasteiger partial charge < -0.3 is 15.6 Å². The number of carbonyl (C=O) groups is 1. The Bertz CT molecular complexity index is 1380. The van der Waals surface area contributed by atoms with Crippen molar-refractivity contribution in [2.24, 2.45) is 27.6 Å². The molecule has 0 unspecified atom stereocenters. The normalized spacial score (nSPS) is 20.2. The van der Waals surface area contributed by atoms with Crippen molar-refractivity contribution in [2.75, 3.05) is 13.2 Å². The average Bonchev–Trinajstić information content (AvgIpc) is 2.98. The largest absolute Gasteiger partial charge is 0.481 e. The van der Waals surface area contributed by atoms with Crippen molar-refractivity contribution in [3.8, 4) is 11.1 Å². The molecule has 0 aromatic heterocycles. The highest BCUT2D eigenvalue weighted by atomic mass is 19.1. The van der Waals surface area contributed by atoms with E-state index in [0.29, 0.717) is 17.1 Å². The maximum Gasteiger partial charge on any atom is 0.303 e. The van der Waals surface area contributed by atoms with Gasteiger partial charge in [0.1, 0.15) is 5.82 Å². The molecule has 7 heteroatoms. The molecule has 1 saturated heterocycles. The number of hydrogen-bond donors (Lipinski definition) is 2. The van der Waals surface area contributed by atoms with Crippen molar-refractivity contribution in [1.82, 2.24) is 0 Å². The van der Waals surface area contributed by atoms with Crippen LogP contribution in [0.25, 0.3) is 11.1 Å². The van der Waals surface area contributed by atoms with Gasteiger partial charge >= 0.3 is 5.97 Å². The number of ether oxygens (including phenoxy) is 1. The Morgan fingerprint density at radius 2 is 1.86 bits per heavy atom. The lowest BCUT2D eigenvalue weighted by Crippen LogP contribution is -2.19. The van der Waals surface area contributed by atoms with E-state index in [2.05, 4.69) is 18.4 Å². The van der Waals surface area contributed by atoms with E-state index in [1.165, 1.54) is 6.20 Å². The van der Waals surface area contributed by atoms with Crippen molar-refractivity contribution in [3.63, 3.8) is 0 Å². The zero-order valence-corrected chi connectivity index (χ0v) is 24.7. The standard InChI is InChI=1S/C35H42FN3O3/c1-4-27(29(20-37)22-38-30-10-8-25(9-11-30)18-35(40)41)21-39-34-7-5-6-31(24(34)3)28-16-23(2)32(33(36)19-28)17-26-12-14-42-15-13-26/h5-7,16,19-22,25-26,30H,1,8-15,17-18,37H2,2-3H3,(H,40,41). The lowest BCUT2D eigenvalue weighted by molar-refractivity contribution is -0.138. The Morgan fingerprint density at radius 3 is 2.50 bits per heavy atom. The molecule has 0 atom stereocenters. The van der Waals surface area contributed by atoms with Gasteiger partial charge in [-0.25, -0.2) is 4.39 Å². The third-order valence-corrected chi connectivity index (χ3v) is 8.59. The number of halogens is 1. The molecule has 6 nitrogen and oxygen atoms in total. The summed E-state index contributed by atoms with van der Waals surface area (Å²) >= 11 is 0. The highest BCUT2D eigenvalue weighted by Crippen LogP contribution is 2.34. The minimum Gasteiger partial charge on any atom is -0.481 e. The van der Waals surface area contributed by atoms with Gasteiger partial charge in [-0.1, -0.05) is 24.8 Å². The number of aliphatic imine (C=N–C) groups is 2. The summed E-state index contributed by atoms with van der Waals surface area (Å²) in [5.41, 5.74) is 15.4. The minimum atomic E-state index is -0.738. The summed E-state index contributed by atoms with van der Waals surface area (Å²) in [6.07, 6.45) is 11.2. The fourth-order valence-electron chi connectivity index (χ4n) is 5.99. The summed E-state index contributed by atoms with van der Waals surface area (Å²) in [6.45, 7) is 9.31. The first kappa shape index (κ1) is 31.1. The first-order valence-electron chi connectivity index (χ1n) is 14.9. The highest BCUT2D eigenvalue weighted by Gasteiger charge is 2.22. The Hall–Kier alpha value is -3.80. The second kappa shape index (κ2) is 14.9. The molecular formula is C35H42FN3O3. The number of allylic oxidation sites excluding steroid dienone is 2. The zero-order chi connectivity index (χ0) is 30.1. The molecule has 0 spiro atoms. The van der Waals surface area contributed by atoms with Gasteiger partial charge in [0.2, 0.25) is 0 Å². The van der Waals surface area contributed by atoms with Crippen LogP contribution in [0, 0.1) is 31.5 Å². The van der Waals surface area contributed by atoms with Gasteiger partial charge in [0, 0.05) is 55.5 Å². The van der Waals surface area contributed by atoms with Crippen LogP contribution in [-0.4, -0.2) is 42.8 Å². The number of hydrogen-bond acceptors (Lipinski definition) is 5. The molecule has 1 heterocycles. The van der Waals surface area contributed by atoms with Crippen LogP contribution in [-0.2, 0) is 16.0 Å². The quantitative estimate of drug-likeness (QED) is 0.176. The monoisotopic (exact) mass is 571 g/mol. The van der Waals surface area contributed by atoms with Crippen LogP contribution < -0.4 is 5.73 Å². The van der Waals surface area contributed by atoms with Gasteiger partial charge in [-0.15, -0.1) is 5.73 Å². The summed E-state index contributed by atoms with van der Waals surface area (Å²) < 4.78 is 20.8. The molecule has 0 amide bonds. The van der Waals surface area contributed by atoms with Gasteiger partial charge in [0.15, 0.2) is 0 Å². The van der Waals surface area contributed by atoms with Crippen LogP contribution in [0.1, 0.15) is 61.6 Å².